The van der Waals surface area contributed by atoms with Crippen LogP contribution in [0.3, 0.4) is 0 Å². The van der Waals surface area contributed by atoms with Gasteiger partial charge in [0.05, 0.1) is 18.3 Å². The van der Waals surface area contributed by atoms with Crippen molar-refractivity contribution in [2.45, 2.75) is 117 Å². The van der Waals surface area contributed by atoms with E-state index in [2.05, 4.69) is 23.8 Å². The summed E-state index contributed by atoms with van der Waals surface area (Å²) in [4.78, 5) is 46.0. The summed E-state index contributed by atoms with van der Waals surface area (Å²) in [7, 11) is 0. The molecule has 40 heavy (non-hydrogen) atoms. The molecule has 4 aliphatic carbocycles. The van der Waals surface area contributed by atoms with Crippen LogP contribution in [0.5, 0.6) is 0 Å². The van der Waals surface area contributed by atoms with Gasteiger partial charge in [-0.2, -0.15) is 0 Å². The van der Waals surface area contributed by atoms with Crippen molar-refractivity contribution in [2.24, 2.45) is 58.0 Å². The van der Waals surface area contributed by atoms with E-state index in [1.54, 1.807) is 19.4 Å². The number of carbonyl (C=O) groups is 3. The van der Waals surface area contributed by atoms with E-state index >= 15 is 0 Å². The van der Waals surface area contributed by atoms with Crippen LogP contribution in [0.1, 0.15) is 105 Å². The fraction of sp³-hybridized carbons (Fsp3) is 0.818. The Balaban J connectivity index is 1.24. The largest absolute Gasteiger partial charge is 0.462 e. The van der Waals surface area contributed by atoms with Gasteiger partial charge in [0.1, 0.15) is 11.9 Å². The molecular weight excluding hydrogens is 502 g/mol. The van der Waals surface area contributed by atoms with Crippen molar-refractivity contribution in [3.8, 4) is 0 Å². The van der Waals surface area contributed by atoms with Crippen molar-refractivity contribution in [1.82, 2.24) is 9.97 Å². The number of ether oxygens (including phenoxy) is 1. The molecule has 7 heteroatoms. The third-order valence-corrected chi connectivity index (χ3v) is 12.3. The maximum absolute atomic E-state index is 13.5. The second kappa shape index (κ2) is 11.3. The minimum atomic E-state index is -0.578. The van der Waals surface area contributed by atoms with E-state index in [0.29, 0.717) is 30.0 Å². The van der Waals surface area contributed by atoms with Gasteiger partial charge in [-0.15, -0.1) is 0 Å². The van der Waals surface area contributed by atoms with Crippen LogP contribution in [-0.4, -0.2) is 39.6 Å². The molecule has 1 aromatic heterocycles. The lowest BCUT2D eigenvalue weighted by Gasteiger charge is -2.61. The van der Waals surface area contributed by atoms with Crippen LogP contribution in [0.15, 0.2) is 12.5 Å². The third-order valence-electron chi connectivity index (χ3n) is 12.3. The number of aromatic amines is 1. The van der Waals surface area contributed by atoms with Crippen molar-refractivity contribution in [3.63, 3.8) is 0 Å². The molecule has 1 heterocycles. The molecule has 1 aromatic rings. The quantitative estimate of drug-likeness (QED) is 0.381. The Labute approximate surface area is 240 Å². The first-order valence-electron chi connectivity index (χ1n) is 15.9. The molecule has 0 spiro atoms. The normalized spacial score (nSPS) is 38.6. The molecule has 0 unspecified atom stereocenters. The molecular formula is C33H51N3O4. The molecule has 10 atom stereocenters. The Morgan fingerprint density at radius 3 is 2.45 bits per heavy atom. The fourth-order valence-corrected chi connectivity index (χ4v) is 9.91. The van der Waals surface area contributed by atoms with Crippen molar-refractivity contribution < 1.29 is 19.1 Å². The number of fused-ring (bicyclic) bond motifs is 5. The summed E-state index contributed by atoms with van der Waals surface area (Å²) < 4.78 is 6.20. The van der Waals surface area contributed by atoms with Crippen LogP contribution in [0.25, 0.3) is 0 Å². The van der Waals surface area contributed by atoms with Gasteiger partial charge in [0.2, 0.25) is 0 Å². The van der Waals surface area contributed by atoms with Crippen molar-refractivity contribution in [2.75, 3.05) is 0 Å². The molecule has 4 fully saturated rings. The average molecular weight is 554 g/mol. The second-order valence-corrected chi connectivity index (χ2v) is 14.7. The van der Waals surface area contributed by atoms with E-state index in [9.17, 15) is 14.4 Å². The number of H-pyrrole nitrogens is 1. The maximum Gasteiger partial charge on any atom is 0.310 e. The van der Waals surface area contributed by atoms with Crippen LogP contribution in [-0.2, 0) is 25.5 Å². The molecule has 0 aliphatic heterocycles. The highest BCUT2D eigenvalue weighted by Crippen LogP contribution is 2.67. The molecule has 0 saturated heterocycles. The summed E-state index contributed by atoms with van der Waals surface area (Å²) >= 11 is 0. The minimum absolute atomic E-state index is 0.0257. The molecule has 4 saturated carbocycles. The van der Waals surface area contributed by atoms with Crippen molar-refractivity contribution in [3.05, 3.63) is 18.2 Å². The van der Waals surface area contributed by atoms with Crippen LogP contribution < -0.4 is 5.73 Å². The summed E-state index contributed by atoms with van der Waals surface area (Å²) in [6.45, 7) is 10.6. The lowest BCUT2D eigenvalue weighted by molar-refractivity contribution is -0.167. The fourth-order valence-electron chi connectivity index (χ4n) is 9.91. The monoisotopic (exact) mass is 553 g/mol. The summed E-state index contributed by atoms with van der Waals surface area (Å²) in [5, 5.41) is 0. The standard InChI is InChI=1S/C33H51N3O4/c1-19(2)30(34)29(38)15-21(14-23-17-35-18-36-23)31(39)40-24-10-12-32(4)22(16-24)6-7-25-27-9-8-26(20(3)37)33(27,5)13-11-28(25)32/h17-19,21-22,24-28,30H,6-16,34H2,1-5H3,(H,35,36)/t21-,22+,24-,25+,26-,27+,28+,30+,32+,33-/m1/s1. The van der Waals surface area contributed by atoms with Gasteiger partial charge in [-0.25, -0.2) is 4.98 Å². The Kier molecular flexibility index (Phi) is 8.35. The number of rotatable bonds is 9. The first-order chi connectivity index (χ1) is 18.9. The smallest absolute Gasteiger partial charge is 0.310 e. The van der Waals surface area contributed by atoms with Gasteiger partial charge in [-0.05, 0) is 105 Å². The Hall–Kier alpha value is -2.02. The van der Waals surface area contributed by atoms with Gasteiger partial charge in [-0.1, -0.05) is 27.7 Å². The van der Waals surface area contributed by atoms with Gasteiger partial charge < -0.3 is 15.5 Å². The summed E-state index contributed by atoms with van der Waals surface area (Å²) in [5.74, 6) is 2.38. The molecule has 7 nitrogen and oxygen atoms in total. The number of hydrogen-bond donors (Lipinski definition) is 2. The Bertz CT molecular complexity index is 1090. The molecule has 3 N–H and O–H groups in total. The molecule has 0 bridgehead atoms. The predicted octanol–water partition coefficient (Wildman–Crippen LogP) is 5.67. The van der Waals surface area contributed by atoms with Crippen molar-refractivity contribution in [1.29, 1.82) is 0 Å². The van der Waals surface area contributed by atoms with Gasteiger partial charge in [0, 0.05) is 30.7 Å². The number of carbonyl (C=O) groups excluding carboxylic acids is 3. The van der Waals surface area contributed by atoms with Crippen LogP contribution in [0.4, 0.5) is 0 Å². The first kappa shape index (κ1) is 29.5. The predicted molar refractivity (Wildman–Crippen MR) is 154 cm³/mol. The van der Waals surface area contributed by atoms with E-state index in [0.717, 1.165) is 37.3 Å². The average Bonchev–Trinajstić information content (AvgIpc) is 3.55. The topological polar surface area (TPSA) is 115 Å². The lowest BCUT2D eigenvalue weighted by atomic mass is 9.44. The van der Waals surface area contributed by atoms with Crippen molar-refractivity contribution >= 4 is 17.5 Å². The van der Waals surface area contributed by atoms with E-state index in [1.165, 1.54) is 32.1 Å². The number of esters is 1. The SMILES string of the molecule is CC(=O)[C@H]1CC[C@H]2[C@@H]3CC[C@H]4C[C@H](OC(=O)[C@@H](CC(=O)[C@@H](N)C(C)C)Cc5cnc[nH]5)CC[C@]4(C)[C@H]3CC[C@]12C. The number of Topliss-reactive ketones (excluding diaryl/α,β-unsaturated/α-hetero) is 2. The van der Waals surface area contributed by atoms with Crippen LogP contribution in [0, 0.1) is 52.3 Å². The molecule has 5 rings (SSSR count). The van der Waals surface area contributed by atoms with Gasteiger partial charge in [0.15, 0.2) is 5.78 Å². The van der Waals surface area contributed by atoms with E-state index in [1.807, 2.05) is 13.8 Å². The summed E-state index contributed by atoms with van der Waals surface area (Å²) in [5.41, 5.74) is 7.41. The van der Waals surface area contributed by atoms with E-state index in [4.69, 9.17) is 10.5 Å². The zero-order valence-electron chi connectivity index (χ0n) is 25.3. The number of nitrogens with one attached hydrogen (secondary N) is 1. The van der Waals surface area contributed by atoms with Gasteiger partial charge in [-0.3, -0.25) is 14.4 Å². The molecule has 4 aliphatic rings. The second-order valence-electron chi connectivity index (χ2n) is 14.7. The molecule has 222 valence electrons. The highest BCUT2D eigenvalue weighted by Gasteiger charge is 2.61. The zero-order valence-corrected chi connectivity index (χ0v) is 25.3. The lowest BCUT2D eigenvalue weighted by Crippen LogP contribution is -2.54. The number of hydrogen-bond acceptors (Lipinski definition) is 6. The summed E-state index contributed by atoms with van der Waals surface area (Å²) in [6, 6.07) is -0.578. The van der Waals surface area contributed by atoms with Gasteiger partial charge in [0.25, 0.3) is 0 Å². The van der Waals surface area contributed by atoms with Crippen LogP contribution in [0.2, 0.25) is 0 Å². The highest BCUT2D eigenvalue weighted by atomic mass is 16.5. The van der Waals surface area contributed by atoms with Gasteiger partial charge >= 0.3 is 5.97 Å². The van der Waals surface area contributed by atoms with Crippen LogP contribution >= 0.6 is 0 Å². The van der Waals surface area contributed by atoms with E-state index in [-0.39, 0.29) is 46.9 Å². The number of aromatic nitrogens is 2. The number of imidazole rings is 1. The first-order valence-corrected chi connectivity index (χ1v) is 15.9. The molecule has 0 amide bonds. The zero-order chi connectivity index (χ0) is 28.8. The number of ketones is 2. The molecule has 0 radical (unpaired) electrons. The maximum atomic E-state index is 13.5. The third kappa shape index (κ3) is 5.32. The minimum Gasteiger partial charge on any atom is -0.462 e. The number of nitrogens with zero attached hydrogens (tertiary/aromatic N) is 1. The number of nitrogens with two attached hydrogens (primary N) is 1. The van der Waals surface area contributed by atoms with E-state index < -0.39 is 12.0 Å². The Morgan fingerprint density at radius 2 is 1.77 bits per heavy atom. The Morgan fingerprint density at radius 1 is 1.05 bits per heavy atom. The highest BCUT2D eigenvalue weighted by molar-refractivity contribution is 5.88. The molecule has 0 aromatic carbocycles. The summed E-state index contributed by atoms with van der Waals surface area (Å²) in [6.07, 6.45) is 13.7.